The summed E-state index contributed by atoms with van der Waals surface area (Å²) in [7, 11) is 3.18. The Morgan fingerprint density at radius 2 is 1.63 bits per heavy atom. The van der Waals surface area contributed by atoms with Gasteiger partial charge in [-0.05, 0) is 36.8 Å². The van der Waals surface area contributed by atoms with Crippen LogP contribution in [0, 0.1) is 0 Å². The smallest absolute Gasteiger partial charge is 0.255 e. The van der Waals surface area contributed by atoms with Gasteiger partial charge in [0.25, 0.3) is 5.91 Å². The highest BCUT2D eigenvalue weighted by atomic mass is 16.5. The molecule has 0 spiro atoms. The molecule has 0 bridgehead atoms. The van der Waals surface area contributed by atoms with Crippen molar-refractivity contribution in [2.45, 2.75) is 13.0 Å². The Morgan fingerprint density at radius 3 is 2.31 bits per heavy atom. The number of fused-ring (bicyclic) bond motifs is 1. The monoisotopic (exact) mass is 467 g/mol. The van der Waals surface area contributed by atoms with Gasteiger partial charge in [0.1, 0.15) is 6.04 Å². The summed E-state index contributed by atoms with van der Waals surface area (Å²) in [5.74, 6) is 2.05. The Kier molecular flexibility index (Phi) is 5.93. The molecule has 35 heavy (non-hydrogen) atoms. The summed E-state index contributed by atoms with van der Waals surface area (Å²) in [6.45, 7) is 1.87. The summed E-state index contributed by atoms with van der Waals surface area (Å²) >= 11 is 0. The second kappa shape index (κ2) is 9.34. The van der Waals surface area contributed by atoms with E-state index in [0.717, 1.165) is 11.1 Å². The van der Waals surface area contributed by atoms with Gasteiger partial charge in [0.05, 0.1) is 19.8 Å². The molecule has 0 saturated carbocycles. The van der Waals surface area contributed by atoms with Gasteiger partial charge in [0.15, 0.2) is 17.3 Å². The average Bonchev–Trinajstić information content (AvgIpc) is 3.32. The van der Waals surface area contributed by atoms with Crippen LogP contribution in [0.3, 0.4) is 0 Å². The molecule has 0 unspecified atom stereocenters. The Balaban J connectivity index is 1.63. The first-order valence-electron chi connectivity index (χ1n) is 11.2. The normalized spacial score (nSPS) is 14.7. The minimum atomic E-state index is -0.542. The molecule has 1 aromatic heterocycles. The van der Waals surface area contributed by atoms with Crippen molar-refractivity contribution < 1.29 is 14.3 Å². The van der Waals surface area contributed by atoms with Crippen molar-refractivity contribution in [3.63, 3.8) is 0 Å². The number of rotatable bonds is 6. The lowest BCUT2D eigenvalue weighted by molar-refractivity contribution is -0.113. The molecule has 0 radical (unpaired) electrons. The van der Waals surface area contributed by atoms with E-state index in [4.69, 9.17) is 19.6 Å². The van der Waals surface area contributed by atoms with Gasteiger partial charge in [-0.15, -0.1) is 5.10 Å². The number of methoxy groups -OCH3 is 2. The fourth-order valence-electron chi connectivity index (χ4n) is 4.21. The maximum Gasteiger partial charge on any atom is 0.255 e. The number of nitrogens with one attached hydrogen (secondary N) is 2. The van der Waals surface area contributed by atoms with Crippen molar-refractivity contribution >= 4 is 17.5 Å². The summed E-state index contributed by atoms with van der Waals surface area (Å²) in [5, 5.41) is 11.1. The van der Waals surface area contributed by atoms with E-state index in [-0.39, 0.29) is 5.91 Å². The van der Waals surface area contributed by atoms with E-state index in [9.17, 15) is 4.79 Å². The number of anilines is 2. The topological polar surface area (TPSA) is 90.3 Å². The molecule has 8 heteroatoms. The molecule has 0 saturated heterocycles. The van der Waals surface area contributed by atoms with Crippen molar-refractivity contribution in [2.75, 3.05) is 24.9 Å². The standard InChI is InChI=1S/C27H25N5O3/c1-17-23(26(33)29-20-12-8-5-9-13-20)24(19-14-15-21(34-2)22(16-19)35-3)32-27(28-17)30-25(31-32)18-10-6-4-7-11-18/h4-16,24H,1-3H3,(H,29,33)(H,28,30,31)/t24-/m0/s1. The van der Waals surface area contributed by atoms with Gasteiger partial charge in [-0.25, -0.2) is 4.68 Å². The molecule has 0 fully saturated rings. The number of ether oxygens (including phenoxy) is 2. The second-order valence-electron chi connectivity index (χ2n) is 8.07. The van der Waals surface area contributed by atoms with Gasteiger partial charge >= 0.3 is 0 Å². The lowest BCUT2D eigenvalue weighted by atomic mass is 9.94. The highest BCUT2D eigenvalue weighted by molar-refractivity contribution is 6.06. The van der Waals surface area contributed by atoms with Crippen LogP contribution in [-0.4, -0.2) is 34.9 Å². The minimum Gasteiger partial charge on any atom is -0.493 e. The third-order valence-electron chi connectivity index (χ3n) is 5.88. The zero-order chi connectivity index (χ0) is 24.4. The van der Waals surface area contributed by atoms with Crippen LogP contribution < -0.4 is 20.1 Å². The first kappa shape index (κ1) is 22.2. The molecule has 1 aliphatic heterocycles. The summed E-state index contributed by atoms with van der Waals surface area (Å²) < 4.78 is 12.7. The SMILES string of the molecule is COc1ccc([C@H]2C(C(=O)Nc3ccccc3)=C(C)Nc3nc(-c4ccccc4)nn32)cc1OC. The van der Waals surface area contributed by atoms with E-state index < -0.39 is 6.04 Å². The number of hydrogen-bond donors (Lipinski definition) is 2. The predicted octanol–water partition coefficient (Wildman–Crippen LogP) is 4.89. The second-order valence-corrected chi connectivity index (χ2v) is 8.07. The average molecular weight is 468 g/mol. The number of aromatic nitrogens is 3. The lowest BCUT2D eigenvalue weighted by Crippen LogP contribution is -2.31. The van der Waals surface area contributed by atoms with Crippen LogP contribution in [0.1, 0.15) is 18.5 Å². The first-order valence-corrected chi connectivity index (χ1v) is 11.2. The van der Waals surface area contributed by atoms with E-state index in [0.29, 0.717) is 40.2 Å². The van der Waals surface area contributed by atoms with Crippen LogP contribution >= 0.6 is 0 Å². The molecule has 2 heterocycles. The van der Waals surface area contributed by atoms with E-state index in [1.165, 1.54) is 0 Å². The van der Waals surface area contributed by atoms with E-state index in [2.05, 4.69) is 10.6 Å². The number of hydrogen-bond acceptors (Lipinski definition) is 6. The number of carbonyl (C=O) groups is 1. The van der Waals surface area contributed by atoms with Crippen molar-refractivity contribution in [1.29, 1.82) is 0 Å². The summed E-state index contributed by atoms with van der Waals surface area (Å²) in [5.41, 5.74) is 3.62. The zero-order valence-electron chi connectivity index (χ0n) is 19.6. The number of nitrogens with zero attached hydrogens (tertiary/aromatic N) is 3. The molecule has 8 nitrogen and oxygen atoms in total. The predicted molar refractivity (Wildman–Crippen MR) is 135 cm³/mol. The van der Waals surface area contributed by atoms with E-state index in [1.807, 2.05) is 85.8 Å². The molecular formula is C27H25N5O3. The van der Waals surface area contributed by atoms with Gasteiger partial charge in [0.2, 0.25) is 5.95 Å². The molecule has 1 amide bonds. The number of carbonyl (C=O) groups excluding carboxylic acids is 1. The van der Waals surface area contributed by atoms with Crippen LogP contribution in [0.25, 0.3) is 11.4 Å². The zero-order valence-corrected chi connectivity index (χ0v) is 19.6. The molecule has 0 aliphatic carbocycles. The first-order chi connectivity index (χ1) is 17.1. The maximum atomic E-state index is 13.6. The lowest BCUT2D eigenvalue weighted by Gasteiger charge is -2.29. The minimum absolute atomic E-state index is 0.233. The number of allylic oxidation sites excluding steroid dienone is 1. The summed E-state index contributed by atoms with van der Waals surface area (Å²) in [6, 6.07) is 24.2. The van der Waals surface area contributed by atoms with Crippen molar-refractivity contribution in [3.8, 4) is 22.9 Å². The van der Waals surface area contributed by atoms with Crippen LogP contribution in [0.4, 0.5) is 11.6 Å². The van der Waals surface area contributed by atoms with Gasteiger partial charge in [-0.3, -0.25) is 4.79 Å². The molecule has 3 aromatic carbocycles. The fourth-order valence-corrected chi connectivity index (χ4v) is 4.21. The highest BCUT2D eigenvalue weighted by Crippen LogP contribution is 2.39. The molecule has 4 aromatic rings. The molecule has 2 N–H and O–H groups in total. The van der Waals surface area contributed by atoms with Crippen LogP contribution in [0.5, 0.6) is 11.5 Å². The fraction of sp³-hybridized carbons (Fsp3) is 0.148. The van der Waals surface area contributed by atoms with Crippen molar-refractivity contribution in [3.05, 3.63) is 95.7 Å². The van der Waals surface area contributed by atoms with Crippen molar-refractivity contribution in [1.82, 2.24) is 14.8 Å². The third kappa shape index (κ3) is 4.21. The highest BCUT2D eigenvalue weighted by Gasteiger charge is 2.35. The molecule has 5 rings (SSSR count). The Labute approximate surface area is 203 Å². The third-order valence-corrected chi connectivity index (χ3v) is 5.88. The number of amides is 1. The largest absolute Gasteiger partial charge is 0.493 e. The molecule has 1 aliphatic rings. The van der Waals surface area contributed by atoms with E-state index >= 15 is 0 Å². The number of benzene rings is 3. The van der Waals surface area contributed by atoms with Crippen LogP contribution in [0.2, 0.25) is 0 Å². The molecule has 176 valence electrons. The Hall–Kier alpha value is -4.59. The van der Waals surface area contributed by atoms with E-state index in [1.54, 1.807) is 18.9 Å². The quantitative estimate of drug-likeness (QED) is 0.420. The van der Waals surface area contributed by atoms with Gasteiger partial charge in [0, 0.05) is 16.9 Å². The molecule has 1 atom stereocenters. The summed E-state index contributed by atoms with van der Waals surface area (Å²) in [6.07, 6.45) is 0. The van der Waals surface area contributed by atoms with Gasteiger partial charge in [-0.1, -0.05) is 54.6 Å². The molecular weight excluding hydrogens is 442 g/mol. The van der Waals surface area contributed by atoms with Crippen LogP contribution in [0.15, 0.2) is 90.1 Å². The number of para-hydroxylation sites is 1. The Morgan fingerprint density at radius 1 is 0.943 bits per heavy atom. The van der Waals surface area contributed by atoms with Gasteiger partial charge in [-0.2, -0.15) is 4.98 Å². The maximum absolute atomic E-state index is 13.6. The Bertz CT molecular complexity index is 1400. The van der Waals surface area contributed by atoms with Crippen molar-refractivity contribution in [2.24, 2.45) is 0 Å². The van der Waals surface area contributed by atoms with Gasteiger partial charge < -0.3 is 20.1 Å². The summed E-state index contributed by atoms with van der Waals surface area (Å²) in [4.78, 5) is 18.3. The van der Waals surface area contributed by atoms with Crippen LogP contribution in [-0.2, 0) is 4.79 Å².